The van der Waals surface area contributed by atoms with Gasteiger partial charge >= 0.3 is 6.18 Å². The van der Waals surface area contributed by atoms with Crippen molar-refractivity contribution >= 4 is 17.1 Å². The lowest BCUT2D eigenvalue weighted by molar-refractivity contribution is -0.149. The molecule has 25 heavy (non-hydrogen) atoms. The molecule has 1 atom stereocenters. The lowest BCUT2D eigenvalue weighted by Gasteiger charge is -2.26. The molecule has 2 nitrogen and oxygen atoms in total. The minimum absolute atomic E-state index is 0.0392. The molecule has 0 saturated heterocycles. The molecule has 0 heterocycles. The zero-order chi connectivity index (χ0) is 17.9. The number of anilines is 3. The minimum atomic E-state index is -4.46. The molecule has 128 valence electrons. The van der Waals surface area contributed by atoms with Crippen LogP contribution in [0.4, 0.5) is 30.2 Å². The highest BCUT2D eigenvalue weighted by Gasteiger charge is 2.37. The minimum Gasteiger partial charge on any atom is -0.316 e. The summed E-state index contributed by atoms with van der Waals surface area (Å²) in [6.07, 6.45) is -4.46. The van der Waals surface area contributed by atoms with Gasteiger partial charge in [0.15, 0.2) is 0 Å². The summed E-state index contributed by atoms with van der Waals surface area (Å²) in [6, 6.07) is 23.5. The Morgan fingerprint density at radius 2 is 1.04 bits per heavy atom. The Hall–Kier alpha value is -2.79. The molecule has 0 radical (unpaired) electrons. The van der Waals surface area contributed by atoms with E-state index in [1.807, 2.05) is 65.6 Å². The molecule has 3 rings (SSSR count). The van der Waals surface area contributed by atoms with E-state index in [1.165, 1.54) is 12.1 Å². The fraction of sp³-hybridized carbons (Fsp3) is 0.100. The van der Waals surface area contributed by atoms with Crippen molar-refractivity contribution in [3.8, 4) is 0 Å². The fourth-order valence-electron chi connectivity index (χ4n) is 2.62. The van der Waals surface area contributed by atoms with E-state index in [0.717, 1.165) is 17.1 Å². The van der Waals surface area contributed by atoms with Crippen LogP contribution < -0.4 is 10.6 Å². The zero-order valence-electron chi connectivity index (χ0n) is 13.3. The van der Waals surface area contributed by atoms with E-state index >= 15 is 0 Å². The first-order valence-corrected chi connectivity index (χ1v) is 7.79. The largest absolute Gasteiger partial charge is 0.407 e. The van der Waals surface area contributed by atoms with Crippen LogP contribution in [-0.2, 0) is 0 Å². The molecular formula is C20H17F3N2. The molecule has 0 spiro atoms. The van der Waals surface area contributed by atoms with Crippen LogP contribution in [0.15, 0.2) is 84.9 Å². The molecule has 2 N–H and O–H groups in total. The summed E-state index contributed by atoms with van der Waals surface area (Å²) in [4.78, 5) is 1.98. The van der Waals surface area contributed by atoms with Gasteiger partial charge in [-0.1, -0.05) is 48.5 Å². The number of nitrogens with two attached hydrogens (primary N) is 1. The summed E-state index contributed by atoms with van der Waals surface area (Å²) >= 11 is 0. The summed E-state index contributed by atoms with van der Waals surface area (Å²) in [5.74, 6) is 0. The quantitative estimate of drug-likeness (QED) is 0.657. The summed E-state index contributed by atoms with van der Waals surface area (Å²) < 4.78 is 38.4. The molecule has 0 saturated carbocycles. The van der Waals surface area contributed by atoms with Crippen LogP contribution in [0.5, 0.6) is 0 Å². The first kappa shape index (κ1) is 17.0. The maximum atomic E-state index is 12.8. The van der Waals surface area contributed by atoms with Crippen molar-refractivity contribution in [2.75, 3.05) is 4.90 Å². The van der Waals surface area contributed by atoms with E-state index in [-0.39, 0.29) is 5.56 Å². The van der Waals surface area contributed by atoms with Gasteiger partial charge in [-0.15, -0.1) is 0 Å². The summed E-state index contributed by atoms with van der Waals surface area (Å²) in [5.41, 5.74) is 7.92. The van der Waals surface area contributed by atoms with Gasteiger partial charge in [0.05, 0.1) is 0 Å². The van der Waals surface area contributed by atoms with Crippen LogP contribution in [0.1, 0.15) is 11.6 Å². The molecule has 0 unspecified atom stereocenters. The molecule has 0 amide bonds. The van der Waals surface area contributed by atoms with E-state index in [0.29, 0.717) is 0 Å². The van der Waals surface area contributed by atoms with Gasteiger partial charge in [-0.05, 0) is 42.0 Å². The second-order valence-corrected chi connectivity index (χ2v) is 5.62. The smallest absolute Gasteiger partial charge is 0.316 e. The van der Waals surface area contributed by atoms with Gasteiger partial charge in [-0.2, -0.15) is 13.2 Å². The molecule has 0 aromatic heterocycles. The highest BCUT2D eigenvalue weighted by Crippen LogP contribution is 2.36. The van der Waals surface area contributed by atoms with Crippen molar-refractivity contribution in [1.29, 1.82) is 0 Å². The third-order valence-electron chi connectivity index (χ3n) is 3.89. The third kappa shape index (κ3) is 3.83. The van der Waals surface area contributed by atoms with Crippen molar-refractivity contribution in [3.05, 3.63) is 90.5 Å². The number of hydrogen-bond acceptors (Lipinski definition) is 2. The van der Waals surface area contributed by atoms with Gasteiger partial charge in [0.1, 0.15) is 6.04 Å². The predicted octanol–water partition coefficient (Wildman–Crippen LogP) is 5.72. The number of para-hydroxylation sites is 2. The van der Waals surface area contributed by atoms with Crippen LogP contribution in [0.2, 0.25) is 0 Å². The molecule has 0 aliphatic heterocycles. The Labute approximate surface area is 144 Å². The maximum Gasteiger partial charge on any atom is 0.407 e. The van der Waals surface area contributed by atoms with Gasteiger partial charge < -0.3 is 10.6 Å². The monoisotopic (exact) mass is 342 g/mol. The van der Waals surface area contributed by atoms with Crippen molar-refractivity contribution in [2.24, 2.45) is 5.73 Å². The molecule has 0 fully saturated rings. The standard InChI is InChI=1S/C20H17F3N2/c21-20(22,23)19(24)15-11-13-18(14-12-15)25(16-7-3-1-4-8-16)17-9-5-2-6-10-17/h1-14,19H,24H2/t19-/m1/s1. The van der Waals surface area contributed by atoms with E-state index in [2.05, 4.69) is 0 Å². The van der Waals surface area contributed by atoms with Crippen LogP contribution in [0.25, 0.3) is 0 Å². The number of alkyl halides is 3. The van der Waals surface area contributed by atoms with Crippen LogP contribution in [-0.4, -0.2) is 6.18 Å². The van der Waals surface area contributed by atoms with Crippen molar-refractivity contribution in [3.63, 3.8) is 0 Å². The number of hydrogen-bond donors (Lipinski definition) is 1. The predicted molar refractivity (Wildman–Crippen MR) is 94.1 cm³/mol. The molecule has 0 aliphatic carbocycles. The Bertz CT molecular complexity index is 760. The zero-order valence-corrected chi connectivity index (χ0v) is 13.3. The first-order valence-electron chi connectivity index (χ1n) is 7.79. The van der Waals surface area contributed by atoms with Gasteiger partial charge in [-0.3, -0.25) is 0 Å². The number of nitrogens with zero attached hydrogens (tertiary/aromatic N) is 1. The lowest BCUT2D eigenvalue weighted by atomic mass is 10.1. The summed E-state index contributed by atoms with van der Waals surface area (Å²) in [6.45, 7) is 0. The van der Waals surface area contributed by atoms with E-state index in [4.69, 9.17) is 5.73 Å². The fourth-order valence-corrected chi connectivity index (χ4v) is 2.62. The number of benzene rings is 3. The van der Waals surface area contributed by atoms with E-state index in [9.17, 15) is 13.2 Å². The molecule has 0 bridgehead atoms. The second kappa shape index (κ2) is 6.99. The number of halogens is 3. The molecule has 5 heteroatoms. The lowest BCUT2D eigenvalue weighted by Crippen LogP contribution is -2.28. The molecular weight excluding hydrogens is 325 g/mol. The summed E-state index contributed by atoms with van der Waals surface area (Å²) in [5, 5.41) is 0. The van der Waals surface area contributed by atoms with Crippen molar-refractivity contribution in [1.82, 2.24) is 0 Å². The van der Waals surface area contributed by atoms with Gasteiger partial charge in [0, 0.05) is 17.1 Å². The Kier molecular flexibility index (Phi) is 4.76. The topological polar surface area (TPSA) is 29.3 Å². The van der Waals surface area contributed by atoms with Gasteiger partial charge in [0.25, 0.3) is 0 Å². The molecule has 3 aromatic rings. The van der Waals surface area contributed by atoms with Gasteiger partial charge in [0.2, 0.25) is 0 Å². The van der Waals surface area contributed by atoms with E-state index in [1.54, 1.807) is 12.1 Å². The average Bonchev–Trinajstić information content (AvgIpc) is 2.63. The molecule has 3 aromatic carbocycles. The van der Waals surface area contributed by atoms with Crippen LogP contribution in [0.3, 0.4) is 0 Å². The second-order valence-electron chi connectivity index (χ2n) is 5.62. The van der Waals surface area contributed by atoms with Gasteiger partial charge in [-0.25, -0.2) is 0 Å². The Balaban J connectivity index is 2.00. The van der Waals surface area contributed by atoms with Crippen LogP contribution >= 0.6 is 0 Å². The highest BCUT2D eigenvalue weighted by molar-refractivity contribution is 5.76. The third-order valence-corrected chi connectivity index (χ3v) is 3.89. The maximum absolute atomic E-state index is 12.8. The number of rotatable bonds is 4. The van der Waals surface area contributed by atoms with Crippen molar-refractivity contribution < 1.29 is 13.2 Å². The first-order chi connectivity index (χ1) is 12.0. The molecule has 0 aliphatic rings. The van der Waals surface area contributed by atoms with Crippen molar-refractivity contribution in [2.45, 2.75) is 12.2 Å². The van der Waals surface area contributed by atoms with E-state index < -0.39 is 12.2 Å². The Morgan fingerprint density at radius 1 is 0.640 bits per heavy atom. The summed E-state index contributed by atoms with van der Waals surface area (Å²) in [7, 11) is 0. The normalized spacial score (nSPS) is 12.6. The highest BCUT2D eigenvalue weighted by atomic mass is 19.4. The SMILES string of the molecule is N[C@H](c1ccc(N(c2ccccc2)c2ccccc2)cc1)C(F)(F)F. The van der Waals surface area contributed by atoms with Crippen LogP contribution in [0, 0.1) is 0 Å². The average molecular weight is 342 g/mol. The Morgan fingerprint density at radius 3 is 1.44 bits per heavy atom.